The molecule has 4 amide bonds. The van der Waals surface area contributed by atoms with Crippen molar-refractivity contribution in [2.24, 2.45) is 16.8 Å². The first kappa shape index (κ1) is 40.3. The second-order valence-electron chi connectivity index (χ2n) is 15.5. The topological polar surface area (TPSA) is 177 Å². The van der Waals surface area contributed by atoms with Gasteiger partial charge in [0, 0.05) is 37.0 Å². The molecule has 6 atom stereocenters. The number of fused-ring (bicyclic) bond motifs is 2. The number of hydrogen-bond acceptors (Lipinski definition) is 10. The predicted molar refractivity (Wildman–Crippen MR) is 217 cm³/mol. The van der Waals surface area contributed by atoms with Crippen LogP contribution in [0.15, 0.2) is 53.8 Å². The summed E-state index contributed by atoms with van der Waals surface area (Å²) >= 11 is 0. The summed E-state index contributed by atoms with van der Waals surface area (Å²) in [4.78, 5) is 68.3. The van der Waals surface area contributed by atoms with Gasteiger partial charge in [-0.2, -0.15) is 0 Å². The van der Waals surface area contributed by atoms with E-state index in [0.29, 0.717) is 48.3 Å². The Bertz CT molecular complexity index is 2110. The van der Waals surface area contributed by atoms with Gasteiger partial charge in [0.15, 0.2) is 23.0 Å². The van der Waals surface area contributed by atoms with Crippen LogP contribution in [-0.2, 0) is 19.1 Å². The standard InChI is InChI=1S/C43H53N7O8/c1-7-24(3)37(47-42(53)55-5)40(51)49-17-9-11-31(49)29-19-28(22-44-29)26-13-15-33-35(20-26)57-34-16-14-27(21-36(34)58-33)30-23-45-39(46-30)32-12-10-18-50(32)41(52)38(25(4)8-2)48-43(54)56-6/h13-16,20-25,31-32,37-38H,7-12,17-19H2,1-6H3,(H,45,46)(H,47,53)(H,48,54)/t24-,25-,31-,32-,37-,38-/m0/s1. The summed E-state index contributed by atoms with van der Waals surface area (Å²) in [5.41, 5.74) is 4.51. The van der Waals surface area contributed by atoms with Crippen molar-refractivity contribution >= 4 is 35.3 Å². The fourth-order valence-electron chi connectivity index (χ4n) is 8.22. The van der Waals surface area contributed by atoms with E-state index in [9.17, 15) is 19.2 Å². The van der Waals surface area contributed by atoms with E-state index in [-0.39, 0.29) is 35.7 Å². The van der Waals surface area contributed by atoms with Gasteiger partial charge in [-0.05, 0) is 79.0 Å². The number of methoxy groups -OCH3 is 2. The number of nitrogens with zero attached hydrogens (tertiary/aromatic N) is 4. The van der Waals surface area contributed by atoms with E-state index in [2.05, 4.69) is 15.6 Å². The summed E-state index contributed by atoms with van der Waals surface area (Å²) in [6.07, 6.45) is 7.67. The third-order valence-electron chi connectivity index (χ3n) is 12.0. The van der Waals surface area contributed by atoms with Gasteiger partial charge in [0.25, 0.3) is 0 Å². The van der Waals surface area contributed by atoms with Crippen LogP contribution in [0.25, 0.3) is 16.8 Å². The lowest BCUT2D eigenvalue weighted by atomic mass is 9.95. The molecule has 0 radical (unpaired) electrons. The van der Waals surface area contributed by atoms with E-state index in [4.69, 9.17) is 28.9 Å². The molecule has 0 aliphatic carbocycles. The Morgan fingerprint density at radius 1 is 0.793 bits per heavy atom. The number of allylic oxidation sites excluding steroid dienone is 1. The number of likely N-dealkylation sites (tertiary alicyclic amines) is 2. The Morgan fingerprint density at radius 3 is 1.90 bits per heavy atom. The van der Waals surface area contributed by atoms with Gasteiger partial charge in [-0.25, -0.2) is 14.6 Å². The fraction of sp³-hybridized carbons (Fsp3) is 0.488. The molecule has 4 aliphatic rings. The van der Waals surface area contributed by atoms with Crippen LogP contribution in [0.2, 0.25) is 0 Å². The molecule has 5 heterocycles. The maximum absolute atomic E-state index is 13.8. The lowest BCUT2D eigenvalue weighted by Gasteiger charge is -2.31. The first-order valence-electron chi connectivity index (χ1n) is 20.3. The summed E-state index contributed by atoms with van der Waals surface area (Å²) < 4.78 is 22.3. The van der Waals surface area contributed by atoms with E-state index in [1.165, 1.54) is 14.2 Å². The number of H-pyrrole nitrogens is 1. The van der Waals surface area contributed by atoms with Crippen molar-refractivity contribution in [2.45, 2.75) is 96.8 Å². The second kappa shape index (κ2) is 17.3. The fourth-order valence-corrected chi connectivity index (χ4v) is 8.22. The summed E-state index contributed by atoms with van der Waals surface area (Å²) in [5, 5.41) is 5.50. The minimum Gasteiger partial charge on any atom is -0.453 e. The van der Waals surface area contributed by atoms with Gasteiger partial charge in [0.1, 0.15) is 17.9 Å². The van der Waals surface area contributed by atoms with Crippen LogP contribution in [0.1, 0.15) is 90.1 Å². The lowest BCUT2D eigenvalue weighted by molar-refractivity contribution is -0.136. The van der Waals surface area contributed by atoms with Crippen LogP contribution < -0.4 is 20.1 Å². The first-order valence-corrected chi connectivity index (χ1v) is 20.3. The quantitative estimate of drug-likeness (QED) is 0.132. The smallest absolute Gasteiger partial charge is 0.407 e. The number of carbonyl (C=O) groups is 4. The van der Waals surface area contributed by atoms with Crippen LogP contribution in [0.4, 0.5) is 9.59 Å². The van der Waals surface area contributed by atoms with Gasteiger partial charge in [-0.15, -0.1) is 0 Å². The van der Waals surface area contributed by atoms with Gasteiger partial charge in [-0.3, -0.25) is 14.6 Å². The Balaban J connectivity index is 1.00. The number of ether oxygens (including phenoxy) is 4. The van der Waals surface area contributed by atoms with Gasteiger partial charge in [0.05, 0.1) is 38.2 Å². The SMILES string of the molecule is CC[C@H](C)[C@H](NC(=O)OC)C(=O)N1CCC[C@H]1C1=NC=C(c2ccc3c(c2)Oc2ccc(-c4cnc([C@@H]5CCCN5C(=O)[C@@H](NC(=O)OC)[C@@H](C)CC)[nH]4)cc2O3)C1. The normalized spacial score (nSPS) is 20.3. The third kappa shape index (κ3) is 8.12. The van der Waals surface area contributed by atoms with Crippen LogP contribution in [0.3, 0.4) is 0 Å². The minimum absolute atomic E-state index is 0.0564. The van der Waals surface area contributed by atoms with Crippen molar-refractivity contribution in [1.82, 2.24) is 30.4 Å². The third-order valence-corrected chi connectivity index (χ3v) is 12.0. The monoisotopic (exact) mass is 795 g/mol. The highest BCUT2D eigenvalue weighted by molar-refractivity contribution is 6.04. The van der Waals surface area contributed by atoms with E-state index in [1.54, 1.807) is 11.1 Å². The molecule has 0 saturated carbocycles. The first-order chi connectivity index (χ1) is 28.0. The molecule has 58 heavy (non-hydrogen) atoms. The Kier molecular flexibility index (Phi) is 12.1. The molecule has 2 fully saturated rings. The average Bonchev–Trinajstić information content (AvgIpc) is 4.09. The molecule has 3 N–H and O–H groups in total. The number of aromatic amines is 1. The van der Waals surface area contributed by atoms with E-state index < -0.39 is 24.3 Å². The van der Waals surface area contributed by atoms with E-state index in [1.807, 2.05) is 75.2 Å². The lowest BCUT2D eigenvalue weighted by Crippen LogP contribution is -2.54. The maximum Gasteiger partial charge on any atom is 0.407 e. The van der Waals surface area contributed by atoms with Gasteiger partial charge in [-0.1, -0.05) is 46.6 Å². The molecule has 2 aromatic carbocycles. The highest BCUT2D eigenvalue weighted by atomic mass is 16.6. The molecule has 0 spiro atoms. The molecule has 7 rings (SSSR count). The summed E-state index contributed by atoms with van der Waals surface area (Å²) in [6.45, 7) is 9.07. The average molecular weight is 796 g/mol. The molecule has 1 aromatic heterocycles. The molecule has 3 aromatic rings. The zero-order chi connectivity index (χ0) is 41.1. The van der Waals surface area contributed by atoms with Gasteiger partial charge >= 0.3 is 12.2 Å². The molecule has 308 valence electrons. The van der Waals surface area contributed by atoms with Gasteiger partial charge < -0.3 is 44.4 Å². The highest BCUT2D eigenvalue weighted by Crippen LogP contribution is 2.48. The number of nitrogens with one attached hydrogen (secondary N) is 3. The molecule has 0 unspecified atom stereocenters. The molecular weight excluding hydrogens is 743 g/mol. The van der Waals surface area contributed by atoms with E-state index >= 15 is 0 Å². The Labute approximate surface area is 338 Å². The van der Waals surface area contributed by atoms with Gasteiger partial charge in [0.2, 0.25) is 11.8 Å². The largest absolute Gasteiger partial charge is 0.453 e. The zero-order valence-corrected chi connectivity index (χ0v) is 34.0. The molecule has 4 aliphatic heterocycles. The summed E-state index contributed by atoms with van der Waals surface area (Å²) in [6, 6.07) is 9.77. The zero-order valence-electron chi connectivity index (χ0n) is 34.0. The van der Waals surface area contributed by atoms with Crippen LogP contribution in [0, 0.1) is 11.8 Å². The minimum atomic E-state index is -0.697. The van der Waals surface area contributed by atoms with E-state index in [0.717, 1.165) is 66.6 Å². The Morgan fingerprint density at radius 2 is 1.33 bits per heavy atom. The van der Waals surface area contributed by atoms with Crippen molar-refractivity contribution in [3.05, 3.63) is 60.2 Å². The predicted octanol–water partition coefficient (Wildman–Crippen LogP) is 7.36. The van der Waals surface area contributed by atoms with Crippen LogP contribution >= 0.6 is 0 Å². The summed E-state index contributed by atoms with van der Waals surface area (Å²) in [5.74, 6) is 2.60. The molecular formula is C43H53N7O8. The Hall–Kier alpha value is -5.86. The number of hydrogen-bond donors (Lipinski definition) is 3. The van der Waals surface area contributed by atoms with Crippen molar-refractivity contribution in [3.63, 3.8) is 0 Å². The number of aromatic nitrogens is 2. The maximum atomic E-state index is 13.8. The number of imidazole rings is 1. The van der Waals surface area contributed by atoms with Crippen molar-refractivity contribution < 1.29 is 38.1 Å². The molecule has 0 bridgehead atoms. The highest BCUT2D eigenvalue weighted by Gasteiger charge is 2.40. The summed E-state index contributed by atoms with van der Waals surface area (Å²) in [7, 11) is 2.59. The second-order valence-corrected chi connectivity index (χ2v) is 15.5. The van der Waals surface area contributed by atoms with Crippen molar-refractivity contribution in [1.29, 1.82) is 0 Å². The van der Waals surface area contributed by atoms with Crippen molar-refractivity contribution in [2.75, 3.05) is 27.3 Å². The molecule has 15 nitrogen and oxygen atoms in total. The number of rotatable bonds is 12. The number of carbonyl (C=O) groups excluding carboxylic acids is 4. The number of alkyl carbamates (subject to hydrolysis) is 2. The number of benzene rings is 2. The van der Waals surface area contributed by atoms with Crippen LogP contribution in [0.5, 0.6) is 23.0 Å². The molecule has 15 heteroatoms. The number of amides is 4. The van der Waals surface area contributed by atoms with Crippen molar-refractivity contribution in [3.8, 4) is 34.3 Å². The number of aliphatic imine (C=N–C) groups is 1. The van der Waals surface area contributed by atoms with Crippen LogP contribution in [-0.4, -0.2) is 94.9 Å². The molecule has 2 saturated heterocycles.